The summed E-state index contributed by atoms with van der Waals surface area (Å²) in [4.78, 5) is 11.3. The maximum Gasteiger partial charge on any atom is 0.250 e. The Hall–Kier alpha value is -1.49. The summed E-state index contributed by atoms with van der Waals surface area (Å²) in [6.07, 6.45) is 0.778. The molecular weight excluding hydrogens is 228 g/mol. The van der Waals surface area contributed by atoms with E-state index in [0.29, 0.717) is 6.61 Å². The zero-order chi connectivity index (χ0) is 12.8. The number of carbonyl (C=O) groups excluding carboxylic acids is 1. The van der Waals surface area contributed by atoms with Crippen molar-refractivity contribution in [2.24, 2.45) is 0 Å². The van der Waals surface area contributed by atoms with Gasteiger partial charge < -0.3 is 10.1 Å². The Morgan fingerprint density at radius 1 is 1.41 bits per heavy atom. The largest absolute Gasteiger partial charge is 0.372 e. The lowest BCUT2D eigenvalue weighted by Crippen LogP contribution is -2.20. The van der Waals surface area contributed by atoms with Crippen LogP contribution in [0.15, 0.2) is 12.1 Å². The molecule has 0 bridgehead atoms. The summed E-state index contributed by atoms with van der Waals surface area (Å²) in [6.45, 7) is 3.63. The average Bonchev–Trinajstić information content (AvgIpc) is 2.30. The number of halogens is 2. The predicted molar refractivity (Wildman–Crippen MR) is 60.8 cm³/mol. The summed E-state index contributed by atoms with van der Waals surface area (Å²) in [5.74, 6) is -2.12. The van der Waals surface area contributed by atoms with Crippen molar-refractivity contribution in [1.29, 1.82) is 0 Å². The van der Waals surface area contributed by atoms with Crippen LogP contribution in [0, 0.1) is 18.6 Å². The number of benzene rings is 1. The zero-order valence-electron chi connectivity index (χ0n) is 9.85. The first-order valence-electron chi connectivity index (χ1n) is 5.38. The summed E-state index contributed by atoms with van der Waals surface area (Å²) in [7, 11) is 0. The van der Waals surface area contributed by atoms with Crippen molar-refractivity contribution < 1.29 is 18.3 Å². The summed E-state index contributed by atoms with van der Waals surface area (Å²) >= 11 is 0. The number of aryl methyl sites for hydroxylation is 1. The highest BCUT2D eigenvalue weighted by Gasteiger charge is 2.14. The van der Waals surface area contributed by atoms with Gasteiger partial charge in [0.2, 0.25) is 0 Å². The number of amides is 1. The van der Waals surface area contributed by atoms with E-state index >= 15 is 0 Å². The standard InChI is InChI=1S/C12H15F2NO2/c1-3-6-17-7-10(16)15-12-9(13)5-4-8(2)11(12)14/h4-5H,3,6-7H2,1-2H3,(H,15,16). The number of rotatable bonds is 5. The number of nitrogens with one attached hydrogen (secondary N) is 1. The normalized spacial score (nSPS) is 10.4. The van der Waals surface area contributed by atoms with Crippen molar-refractivity contribution in [3.63, 3.8) is 0 Å². The molecule has 5 heteroatoms. The van der Waals surface area contributed by atoms with Gasteiger partial charge in [-0.3, -0.25) is 4.79 Å². The van der Waals surface area contributed by atoms with Crippen molar-refractivity contribution in [3.8, 4) is 0 Å². The topological polar surface area (TPSA) is 38.3 Å². The second-order valence-electron chi connectivity index (χ2n) is 3.65. The number of carbonyl (C=O) groups is 1. The molecule has 17 heavy (non-hydrogen) atoms. The maximum atomic E-state index is 13.5. The number of ether oxygens (including phenoxy) is 1. The van der Waals surface area contributed by atoms with E-state index in [4.69, 9.17) is 4.74 Å². The molecular formula is C12H15F2NO2. The van der Waals surface area contributed by atoms with Gasteiger partial charge in [0.15, 0.2) is 5.82 Å². The molecule has 3 nitrogen and oxygen atoms in total. The first kappa shape index (κ1) is 13.6. The van der Waals surface area contributed by atoms with E-state index in [0.717, 1.165) is 12.5 Å². The molecule has 0 aliphatic rings. The van der Waals surface area contributed by atoms with Gasteiger partial charge in [0.25, 0.3) is 5.91 Å². The molecule has 0 radical (unpaired) electrons. The van der Waals surface area contributed by atoms with E-state index in [1.54, 1.807) is 0 Å². The molecule has 1 N–H and O–H groups in total. The second kappa shape index (κ2) is 6.30. The summed E-state index contributed by atoms with van der Waals surface area (Å²) in [5.41, 5.74) is -0.147. The third kappa shape index (κ3) is 3.78. The van der Waals surface area contributed by atoms with Gasteiger partial charge in [0.05, 0.1) is 0 Å². The minimum absolute atomic E-state index is 0.208. The van der Waals surface area contributed by atoms with Gasteiger partial charge in [0, 0.05) is 6.61 Å². The van der Waals surface area contributed by atoms with Crippen LogP contribution in [-0.2, 0) is 9.53 Å². The predicted octanol–water partition coefficient (Wildman–Crippen LogP) is 2.64. The molecule has 1 aromatic carbocycles. The molecule has 94 valence electrons. The Bertz CT molecular complexity index is 408. The van der Waals surface area contributed by atoms with Crippen molar-refractivity contribution in [1.82, 2.24) is 0 Å². The molecule has 0 atom stereocenters. The van der Waals surface area contributed by atoms with E-state index < -0.39 is 23.2 Å². The Balaban J connectivity index is 2.68. The molecule has 1 aromatic rings. The molecule has 0 saturated heterocycles. The fourth-order valence-corrected chi connectivity index (χ4v) is 1.26. The van der Waals surface area contributed by atoms with Crippen LogP contribution in [0.1, 0.15) is 18.9 Å². The van der Waals surface area contributed by atoms with Crippen LogP contribution in [0.25, 0.3) is 0 Å². The molecule has 0 aliphatic carbocycles. The highest BCUT2D eigenvalue weighted by Crippen LogP contribution is 2.21. The average molecular weight is 243 g/mol. The Morgan fingerprint density at radius 2 is 2.12 bits per heavy atom. The fourth-order valence-electron chi connectivity index (χ4n) is 1.26. The van der Waals surface area contributed by atoms with Crippen LogP contribution >= 0.6 is 0 Å². The lowest BCUT2D eigenvalue weighted by Gasteiger charge is -2.09. The molecule has 0 aromatic heterocycles. The molecule has 0 fully saturated rings. The van der Waals surface area contributed by atoms with Crippen LogP contribution in [0.3, 0.4) is 0 Å². The SMILES string of the molecule is CCCOCC(=O)Nc1c(F)ccc(C)c1F. The van der Waals surface area contributed by atoms with E-state index in [2.05, 4.69) is 5.32 Å². The molecule has 0 aliphatic heterocycles. The van der Waals surface area contributed by atoms with E-state index in [1.807, 2.05) is 6.92 Å². The van der Waals surface area contributed by atoms with Gasteiger partial charge in [-0.15, -0.1) is 0 Å². The molecule has 0 heterocycles. The zero-order valence-corrected chi connectivity index (χ0v) is 9.85. The molecule has 0 saturated carbocycles. The van der Waals surface area contributed by atoms with Gasteiger partial charge >= 0.3 is 0 Å². The van der Waals surface area contributed by atoms with Crippen LogP contribution in [-0.4, -0.2) is 19.1 Å². The first-order valence-corrected chi connectivity index (χ1v) is 5.38. The number of anilines is 1. The fraction of sp³-hybridized carbons (Fsp3) is 0.417. The van der Waals surface area contributed by atoms with Crippen molar-refractivity contribution >= 4 is 11.6 Å². The lowest BCUT2D eigenvalue weighted by molar-refractivity contribution is -0.120. The van der Waals surface area contributed by atoms with Gasteiger partial charge in [-0.2, -0.15) is 0 Å². The van der Waals surface area contributed by atoms with Crippen LogP contribution in [0.2, 0.25) is 0 Å². The second-order valence-corrected chi connectivity index (χ2v) is 3.65. The van der Waals surface area contributed by atoms with Gasteiger partial charge in [-0.25, -0.2) is 8.78 Å². The van der Waals surface area contributed by atoms with Crippen LogP contribution in [0.5, 0.6) is 0 Å². The highest BCUT2D eigenvalue weighted by molar-refractivity contribution is 5.92. The van der Waals surface area contributed by atoms with E-state index in [9.17, 15) is 13.6 Å². The van der Waals surface area contributed by atoms with Gasteiger partial charge in [0.1, 0.15) is 18.1 Å². The summed E-state index contributed by atoms with van der Waals surface area (Å²) in [6, 6.07) is 2.43. The van der Waals surface area contributed by atoms with Crippen molar-refractivity contribution in [2.45, 2.75) is 20.3 Å². The Morgan fingerprint density at radius 3 is 2.76 bits per heavy atom. The number of hydrogen-bond acceptors (Lipinski definition) is 2. The van der Waals surface area contributed by atoms with Crippen molar-refractivity contribution in [2.75, 3.05) is 18.5 Å². The van der Waals surface area contributed by atoms with Crippen LogP contribution in [0.4, 0.5) is 14.5 Å². The lowest BCUT2D eigenvalue weighted by atomic mass is 10.2. The quantitative estimate of drug-likeness (QED) is 0.807. The van der Waals surface area contributed by atoms with E-state index in [-0.39, 0.29) is 12.2 Å². The minimum Gasteiger partial charge on any atom is -0.372 e. The first-order chi connectivity index (χ1) is 8.06. The monoisotopic (exact) mass is 243 g/mol. The summed E-state index contributed by atoms with van der Waals surface area (Å²) in [5, 5.41) is 2.16. The highest BCUT2D eigenvalue weighted by atomic mass is 19.1. The minimum atomic E-state index is -0.794. The van der Waals surface area contributed by atoms with E-state index in [1.165, 1.54) is 13.0 Å². The Kier molecular flexibility index (Phi) is 5.03. The van der Waals surface area contributed by atoms with Gasteiger partial charge in [-0.1, -0.05) is 13.0 Å². The maximum absolute atomic E-state index is 13.5. The Labute approximate surface area is 98.8 Å². The third-order valence-corrected chi connectivity index (χ3v) is 2.13. The number of hydrogen-bond donors (Lipinski definition) is 1. The molecule has 1 amide bonds. The third-order valence-electron chi connectivity index (χ3n) is 2.13. The van der Waals surface area contributed by atoms with Gasteiger partial charge in [-0.05, 0) is 25.0 Å². The smallest absolute Gasteiger partial charge is 0.250 e. The molecule has 1 rings (SSSR count). The molecule has 0 unspecified atom stereocenters. The summed E-state index contributed by atoms with van der Waals surface area (Å²) < 4.78 is 31.8. The van der Waals surface area contributed by atoms with Crippen LogP contribution < -0.4 is 5.32 Å². The van der Waals surface area contributed by atoms with Crippen molar-refractivity contribution in [3.05, 3.63) is 29.3 Å². The molecule has 0 spiro atoms.